The molecule has 10 heteroatoms. The van der Waals surface area contributed by atoms with Crippen molar-refractivity contribution in [1.29, 1.82) is 0 Å². The second-order valence-corrected chi connectivity index (χ2v) is 6.74. The molecule has 1 aliphatic rings. The summed E-state index contributed by atoms with van der Waals surface area (Å²) in [5.74, 6) is 0.701. The molecule has 0 radical (unpaired) electrons. The third-order valence-electron chi connectivity index (χ3n) is 3.65. The number of nitro groups is 1. The van der Waals surface area contributed by atoms with Gasteiger partial charge in [0.25, 0.3) is 11.6 Å². The quantitative estimate of drug-likeness (QED) is 0.370. The van der Waals surface area contributed by atoms with Crippen LogP contribution >= 0.6 is 11.8 Å². The largest absolute Gasteiger partial charge is 0.454 e. The molecule has 3 rings (SSSR count). The Balaban J connectivity index is 1.79. The molecule has 1 unspecified atom stereocenters. The molecule has 2 aromatic rings. The van der Waals surface area contributed by atoms with Crippen LogP contribution in [0, 0.1) is 10.1 Å². The highest BCUT2D eigenvalue weighted by Gasteiger charge is 2.18. The van der Waals surface area contributed by atoms with E-state index in [9.17, 15) is 20.0 Å². The molecule has 0 aliphatic carbocycles. The van der Waals surface area contributed by atoms with Crippen LogP contribution in [-0.4, -0.2) is 46.3 Å². The van der Waals surface area contributed by atoms with Crippen LogP contribution in [-0.2, 0) is 0 Å². The number of benzene rings is 2. The van der Waals surface area contributed by atoms with Crippen molar-refractivity contribution in [2.24, 2.45) is 0 Å². The summed E-state index contributed by atoms with van der Waals surface area (Å²) in [5, 5.41) is 32.1. The molecule has 1 atom stereocenters. The fraction of sp³-hybridized carbons (Fsp3) is 0.235. The topological polar surface area (TPSA) is 131 Å². The molecule has 0 fully saturated rings. The molecular formula is C17H16N2O7S. The third-order valence-corrected chi connectivity index (χ3v) is 4.77. The zero-order valence-corrected chi connectivity index (χ0v) is 14.8. The van der Waals surface area contributed by atoms with Crippen molar-refractivity contribution in [2.45, 2.75) is 11.0 Å². The molecule has 1 aliphatic heterocycles. The lowest BCUT2D eigenvalue weighted by Gasteiger charge is -2.10. The number of aliphatic hydroxyl groups is 2. The number of hydrogen-bond acceptors (Lipinski definition) is 8. The number of thioether (sulfide) groups is 1. The fourth-order valence-corrected chi connectivity index (χ4v) is 3.24. The van der Waals surface area contributed by atoms with E-state index in [-0.39, 0.29) is 23.9 Å². The minimum atomic E-state index is -0.944. The van der Waals surface area contributed by atoms with Crippen LogP contribution in [0.15, 0.2) is 41.3 Å². The number of hydrogen-bond donors (Lipinski definition) is 3. The van der Waals surface area contributed by atoms with Gasteiger partial charge in [-0.2, -0.15) is 0 Å². The normalized spacial score (nSPS) is 13.3. The smallest absolute Gasteiger partial charge is 0.272 e. The molecular weight excluding hydrogens is 376 g/mol. The van der Waals surface area contributed by atoms with Gasteiger partial charge in [-0.3, -0.25) is 14.9 Å². The number of nitrogens with zero attached hydrogens (tertiary/aromatic N) is 1. The lowest BCUT2D eigenvalue weighted by atomic mass is 10.2. The summed E-state index contributed by atoms with van der Waals surface area (Å²) >= 11 is 1.14. The number of nitrogens with one attached hydrogen (secondary N) is 1. The van der Waals surface area contributed by atoms with Crippen LogP contribution in [0.2, 0.25) is 0 Å². The van der Waals surface area contributed by atoms with Gasteiger partial charge in [0, 0.05) is 34.0 Å². The van der Waals surface area contributed by atoms with Crippen LogP contribution in [0.3, 0.4) is 0 Å². The Hall–Kier alpha value is -2.82. The van der Waals surface area contributed by atoms with E-state index in [2.05, 4.69) is 5.32 Å². The molecule has 3 N–H and O–H groups in total. The van der Waals surface area contributed by atoms with Crippen LogP contribution in [0.25, 0.3) is 0 Å². The highest BCUT2D eigenvalue weighted by atomic mass is 32.2. The summed E-state index contributed by atoms with van der Waals surface area (Å²) in [6.45, 7) is -0.318. The maximum atomic E-state index is 12.5. The SMILES string of the molecule is O=C(Nc1cc(SCC(O)CO)cc([N+](=O)[O-])c1)c1ccc2c(c1)OCO2. The van der Waals surface area contributed by atoms with Crippen LogP contribution in [0.1, 0.15) is 10.4 Å². The number of ether oxygens (including phenoxy) is 2. The predicted octanol–water partition coefficient (Wildman–Crippen LogP) is 2.02. The second-order valence-electron chi connectivity index (χ2n) is 5.64. The summed E-state index contributed by atoms with van der Waals surface area (Å²) in [4.78, 5) is 23.5. The van der Waals surface area contributed by atoms with Crippen molar-refractivity contribution in [3.63, 3.8) is 0 Å². The Morgan fingerprint density at radius 2 is 2.04 bits per heavy atom. The Morgan fingerprint density at radius 1 is 1.26 bits per heavy atom. The third kappa shape index (κ3) is 4.67. The van der Waals surface area contributed by atoms with Gasteiger partial charge in [-0.1, -0.05) is 0 Å². The van der Waals surface area contributed by atoms with Gasteiger partial charge in [0.2, 0.25) is 6.79 Å². The van der Waals surface area contributed by atoms with Gasteiger partial charge in [0.1, 0.15) is 0 Å². The molecule has 0 bridgehead atoms. The van der Waals surface area contributed by atoms with Crippen molar-refractivity contribution < 1.29 is 29.4 Å². The van der Waals surface area contributed by atoms with E-state index in [4.69, 9.17) is 14.6 Å². The van der Waals surface area contributed by atoms with E-state index in [1.807, 2.05) is 0 Å². The number of anilines is 1. The Morgan fingerprint density at radius 3 is 2.78 bits per heavy atom. The Labute approximate surface area is 158 Å². The van der Waals surface area contributed by atoms with Gasteiger partial charge < -0.3 is 25.0 Å². The highest BCUT2D eigenvalue weighted by molar-refractivity contribution is 7.99. The molecule has 0 spiro atoms. The first-order valence-corrected chi connectivity index (χ1v) is 8.87. The van der Waals surface area contributed by atoms with Gasteiger partial charge in [0.05, 0.1) is 17.6 Å². The average Bonchev–Trinajstić information content (AvgIpc) is 3.13. The fourth-order valence-electron chi connectivity index (χ4n) is 2.33. The second kappa shape index (κ2) is 8.25. The van der Waals surface area contributed by atoms with Crippen molar-refractivity contribution in [3.8, 4) is 11.5 Å². The number of amides is 1. The zero-order valence-electron chi connectivity index (χ0n) is 14.0. The van der Waals surface area contributed by atoms with Crippen LogP contribution in [0.5, 0.6) is 11.5 Å². The molecule has 0 aromatic heterocycles. The molecule has 9 nitrogen and oxygen atoms in total. The van der Waals surface area contributed by atoms with Gasteiger partial charge in [-0.05, 0) is 24.3 Å². The minimum Gasteiger partial charge on any atom is -0.454 e. The van der Waals surface area contributed by atoms with Crippen molar-refractivity contribution >= 4 is 29.0 Å². The predicted molar refractivity (Wildman–Crippen MR) is 97.4 cm³/mol. The molecule has 0 saturated heterocycles. The van der Waals surface area contributed by atoms with Crippen molar-refractivity contribution in [1.82, 2.24) is 0 Å². The first-order valence-electron chi connectivity index (χ1n) is 7.88. The maximum absolute atomic E-state index is 12.5. The van der Waals surface area contributed by atoms with E-state index in [1.54, 1.807) is 18.2 Å². The summed E-state index contributed by atoms with van der Waals surface area (Å²) in [6, 6.07) is 8.85. The van der Waals surface area contributed by atoms with E-state index in [1.165, 1.54) is 18.2 Å². The summed E-state index contributed by atoms with van der Waals surface area (Å²) in [7, 11) is 0. The highest BCUT2D eigenvalue weighted by Crippen LogP contribution is 2.33. The van der Waals surface area contributed by atoms with Gasteiger partial charge in [-0.25, -0.2) is 0 Å². The monoisotopic (exact) mass is 392 g/mol. The number of non-ortho nitro benzene ring substituents is 1. The van der Waals surface area contributed by atoms with Gasteiger partial charge in [-0.15, -0.1) is 11.8 Å². The van der Waals surface area contributed by atoms with E-state index >= 15 is 0 Å². The number of carbonyl (C=O) groups excluding carboxylic acids is 1. The lowest BCUT2D eigenvalue weighted by molar-refractivity contribution is -0.385. The Kier molecular flexibility index (Phi) is 5.79. The Bertz CT molecular complexity index is 874. The number of nitro benzene ring substituents is 1. The first-order chi connectivity index (χ1) is 13.0. The van der Waals surface area contributed by atoms with Crippen LogP contribution in [0.4, 0.5) is 11.4 Å². The van der Waals surface area contributed by atoms with E-state index in [0.717, 1.165) is 11.8 Å². The minimum absolute atomic E-state index is 0.0888. The standard InChI is InChI=1S/C17H16N2O7S/c20-7-13(21)8-27-14-5-11(4-12(6-14)19(23)24)18-17(22)10-1-2-15-16(3-10)26-9-25-15/h1-6,13,20-21H,7-9H2,(H,18,22). The average molecular weight is 392 g/mol. The number of carbonyl (C=O) groups is 1. The van der Waals surface area contributed by atoms with Gasteiger partial charge in [0.15, 0.2) is 11.5 Å². The molecule has 27 heavy (non-hydrogen) atoms. The van der Waals surface area contributed by atoms with Crippen LogP contribution < -0.4 is 14.8 Å². The number of fused-ring (bicyclic) bond motifs is 1. The lowest BCUT2D eigenvalue weighted by Crippen LogP contribution is -2.14. The van der Waals surface area contributed by atoms with Gasteiger partial charge >= 0.3 is 0 Å². The summed E-state index contributed by atoms with van der Waals surface area (Å²) < 4.78 is 10.4. The zero-order chi connectivity index (χ0) is 19.4. The molecule has 142 valence electrons. The molecule has 1 heterocycles. The number of aliphatic hydroxyl groups excluding tert-OH is 2. The maximum Gasteiger partial charge on any atom is 0.272 e. The summed E-state index contributed by atoms with van der Waals surface area (Å²) in [6.07, 6.45) is -0.944. The van der Waals surface area contributed by atoms with Crippen molar-refractivity contribution in [2.75, 3.05) is 24.5 Å². The molecule has 2 aromatic carbocycles. The van der Waals surface area contributed by atoms with E-state index in [0.29, 0.717) is 22.0 Å². The van der Waals surface area contributed by atoms with Crippen molar-refractivity contribution in [3.05, 3.63) is 52.1 Å². The molecule has 0 saturated carbocycles. The van der Waals surface area contributed by atoms with E-state index < -0.39 is 23.5 Å². The molecule has 1 amide bonds. The summed E-state index contributed by atoms with van der Waals surface area (Å²) in [5.41, 5.74) is 0.364. The number of rotatable bonds is 7. The first kappa shape index (κ1) is 19.0.